The summed E-state index contributed by atoms with van der Waals surface area (Å²) in [5.74, 6) is -2.99. The summed E-state index contributed by atoms with van der Waals surface area (Å²) in [5, 5.41) is 1.26. The van der Waals surface area contributed by atoms with Crippen LogP contribution < -0.4 is 4.31 Å². The third kappa shape index (κ3) is 3.57. The van der Waals surface area contributed by atoms with Crippen LogP contribution in [0.5, 0.6) is 0 Å². The third-order valence-corrected chi connectivity index (χ3v) is 7.95. The van der Waals surface area contributed by atoms with Crippen LogP contribution in [0.2, 0.25) is 0 Å². The standard InChI is InChI=1S/C22H16F3NO2S2/c1-14-16-6-2-4-8-20(16)29-22(14)26(13-15-10-11-17(23)19(25)12-15)30(27,28)21-9-5-3-7-18(21)24/h2-12H,13H2,1H3. The zero-order chi connectivity index (χ0) is 21.5. The highest BCUT2D eigenvalue weighted by Gasteiger charge is 2.31. The molecule has 0 saturated carbocycles. The zero-order valence-electron chi connectivity index (χ0n) is 15.8. The molecular formula is C22H16F3NO2S2. The van der Waals surface area contributed by atoms with Gasteiger partial charge >= 0.3 is 0 Å². The Morgan fingerprint density at radius 3 is 2.27 bits per heavy atom. The second-order valence-corrected chi connectivity index (χ2v) is 9.58. The van der Waals surface area contributed by atoms with Crippen LogP contribution >= 0.6 is 11.3 Å². The second-order valence-electron chi connectivity index (χ2n) is 6.72. The highest BCUT2D eigenvalue weighted by molar-refractivity contribution is 7.93. The summed E-state index contributed by atoms with van der Waals surface area (Å²) in [6.45, 7) is 1.50. The minimum Gasteiger partial charge on any atom is -0.252 e. The SMILES string of the molecule is Cc1c(N(Cc2ccc(F)c(F)c2)S(=O)(=O)c2ccccc2F)sc2ccccc12. The summed E-state index contributed by atoms with van der Waals surface area (Å²) in [5.41, 5.74) is 0.948. The van der Waals surface area contributed by atoms with Crippen molar-refractivity contribution in [3.63, 3.8) is 0 Å². The first kappa shape index (κ1) is 20.4. The Labute approximate surface area is 176 Å². The number of benzene rings is 3. The van der Waals surface area contributed by atoms with Crippen LogP contribution in [0.25, 0.3) is 10.1 Å². The molecule has 154 valence electrons. The molecule has 0 bridgehead atoms. The van der Waals surface area contributed by atoms with E-state index in [1.165, 1.54) is 35.6 Å². The van der Waals surface area contributed by atoms with Gasteiger partial charge in [0.25, 0.3) is 10.0 Å². The average Bonchev–Trinajstić information content (AvgIpc) is 3.05. The van der Waals surface area contributed by atoms with Crippen LogP contribution in [0.1, 0.15) is 11.1 Å². The molecule has 0 unspecified atom stereocenters. The van der Waals surface area contributed by atoms with E-state index in [9.17, 15) is 21.6 Å². The maximum absolute atomic E-state index is 14.4. The second kappa shape index (κ2) is 7.77. The maximum atomic E-state index is 14.4. The Morgan fingerprint density at radius 2 is 1.57 bits per heavy atom. The van der Waals surface area contributed by atoms with Gasteiger partial charge in [-0.05, 0) is 53.8 Å². The van der Waals surface area contributed by atoms with Gasteiger partial charge in [-0.25, -0.2) is 21.6 Å². The number of hydrogen-bond acceptors (Lipinski definition) is 3. The van der Waals surface area contributed by atoms with Crippen molar-refractivity contribution < 1.29 is 21.6 Å². The molecule has 0 spiro atoms. The number of fused-ring (bicyclic) bond motifs is 1. The minimum atomic E-state index is -4.32. The number of nitrogens with zero attached hydrogens (tertiary/aromatic N) is 1. The van der Waals surface area contributed by atoms with E-state index in [1.807, 2.05) is 24.3 Å². The van der Waals surface area contributed by atoms with Crippen molar-refractivity contribution in [3.8, 4) is 0 Å². The number of hydrogen-bond donors (Lipinski definition) is 0. The fourth-order valence-corrected chi connectivity index (χ4v) is 6.24. The number of anilines is 1. The Morgan fingerprint density at radius 1 is 0.867 bits per heavy atom. The van der Waals surface area contributed by atoms with Crippen LogP contribution in [-0.4, -0.2) is 8.42 Å². The molecule has 4 rings (SSSR count). The molecule has 0 aliphatic heterocycles. The van der Waals surface area contributed by atoms with Gasteiger partial charge in [-0.1, -0.05) is 36.4 Å². The van der Waals surface area contributed by atoms with Gasteiger partial charge in [0.1, 0.15) is 15.7 Å². The van der Waals surface area contributed by atoms with Crippen LogP contribution in [0, 0.1) is 24.4 Å². The number of rotatable bonds is 5. The molecule has 8 heteroatoms. The van der Waals surface area contributed by atoms with Crippen molar-refractivity contribution in [2.75, 3.05) is 4.31 Å². The van der Waals surface area contributed by atoms with Gasteiger partial charge in [0.05, 0.1) is 6.54 Å². The summed E-state index contributed by atoms with van der Waals surface area (Å²) in [6.07, 6.45) is 0. The molecule has 0 amide bonds. The van der Waals surface area contributed by atoms with Crippen molar-refractivity contribution in [2.45, 2.75) is 18.4 Å². The molecule has 0 radical (unpaired) electrons. The molecule has 1 heterocycles. The van der Waals surface area contributed by atoms with E-state index in [0.717, 1.165) is 32.6 Å². The maximum Gasteiger partial charge on any atom is 0.268 e. The summed E-state index contributed by atoms with van der Waals surface area (Å²) >= 11 is 1.24. The molecule has 0 fully saturated rings. The van der Waals surface area contributed by atoms with E-state index in [4.69, 9.17) is 0 Å². The molecule has 3 aromatic carbocycles. The average molecular weight is 448 g/mol. The minimum absolute atomic E-state index is 0.241. The van der Waals surface area contributed by atoms with Crippen molar-refractivity contribution in [2.24, 2.45) is 0 Å². The van der Waals surface area contributed by atoms with Crippen molar-refractivity contribution in [1.82, 2.24) is 0 Å². The highest BCUT2D eigenvalue weighted by Crippen LogP contribution is 2.40. The topological polar surface area (TPSA) is 37.4 Å². The predicted octanol–water partition coefficient (Wildman–Crippen LogP) is 6.02. The van der Waals surface area contributed by atoms with Crippen LogP contribution in [0.3, 0.4) is 0 Å². The highest BCUT2D eigenvalue weighted by atomic mass is 32.2. The Kier molecular flexibility index (Phi) is 5.29. The van der Waals surface area contributed by atoms with Crippen molar-refractivity contribution >= 4 is 36.4 Å². The first-order chi connectivity index (χ1) is 14.3. The lowest BCUT2D eigenvalue weighted by Crippen LogP contribution is -2.31. The Hall–Kier alpha value is -2.84. The Balaban J connectivity index is 1.91. The number of thiophene rings is 1. The first-order valence-electron chi connectivity index (χ1n) is 8.98. The molecule has 0 N–H and O–H groups in total. The third-order valence-electron chi connectivity index (χ3n) is 4.76. The van der Waals surface area contributed by atoms with Crippen LogP contribution in [0.4, 0.5) is 18.2 Å². The fraction of sp³-hybridized carbons (Fsp3) is 0.0909. The molecule has 0 aliphatic carbocycles. The Bertz CT molecular complexity index is 1350. The monoisotopic (exact) mass is 447 g/mol. The molecule has 30 heavy (non-hydrogen) atoms. The van der Waals surface area contributed by atoms with Crippen molar-refractivity contribution in [1.29, 1.82) is 0 Å². The van der Waals surface area contributed by atoms with E-state index in [2.05, 4.69) is 0 Å². The lowest BCUT2D eigenvalue weighted by atomic mass is 10.2. The van der Waals surface area contributed by atoms with Gasteiger partial charge in [0.15, 0.2) is 11.6 Å². The first-order valence-corrected chi connectivity index (χ1v) is 11.2. The number of aryl methyl sites for hydroxylation is 1. The lowest BCUT2D eigenvalue weighted by molar-refractivity contribution is 0.507. The lowest BCUT2D eigenvalue weighted by Gasteiger charge is -2.24. The fourth-order valence-electron chi connectivity index (χ4n) is 3.24. The van der Waals surface area contributed by atoms with Gasteiger partial charge in [-0.2, -0.15) is 0 Å². The van der Waals surface area contributed by atoms with E-state index in [0.29, 0.717) is 10.6 Å². The molecule has 0 aliphatic rings. The summed E-state index contributed by atoms with van der Waals surface area (Å²) in [4.78, 5) is -0.482. The normalized spacial score (nSPS) is 11.7. The molecule has 0 saturated heterocycles. The van der Waals surface area contributed by atoms with Gasteiger partial charge in [0, 0.05) is 4.70 Å². The summed E-state index contributed by atoms with van der Waals surface area (Å²) in [7, 11) is -4.32. The summed E-state index contributed by atoms with van der Waals surface area (Å²) < 4.78 is 70.4. The van der Waals surface area contributed by atoms with E-state index >= 15 is 0 Å². The predicted molar refractivity (Wildman–Crippen MR) is 113 cm³/mol. The van der Waals surface area contributed by atoms with Gasteiger partial charge in [0.2, 0.25) is 0 Å². The largest absolute Gasteiger partial charge is 0.268 e. The quantitative estimate of drug-likeness (QED) is 0.375. The number of halogens is 3. The van der Waals surface area contributed by atoms with E-state index < -0.39 is 32.4 Å². The number of sulfonamides is 1. The molecule has 1 aromatic heterocycles. The molecular weight excluding hydrogens is 431 g/mol. The van der Waals surface area contributed by atoms with E-state index in [1.54, 1.807) is 6.92 Å². The van der Waals surface area contributed by atoms with E-state index in [-0.39, 0.29) is 12.1 Å². The van der Waals surface area contributed by atoms with Crippen LogP contribution in [0.15, 0.2) is 71.6 Å². The van der Waals surface area contributed by atoms with Gasteiger partial charge in [-0.3, -0.25) is 4.31 Å². The summed E-state index contributed by atoms with van der Waals surface area (Å²) in [6, 6.07) is 15.7. The van der Waals surface area contributed by atoms with Gasteiger partial charge in [-0.15, -0.1) is 11.3 Å². The molecule has 4 aromatic rings. The molecule has 0 atom stereocenters. The van der Waals surface area contributed by atoms with Crippen LogP contribution in [-0.2, 0) is 16.6 Å². The van der Waals surface area contributed by atoms with Gasteiger partial charge < -0.3 is 0 Å². The molecule has 3 nitrogen and oxygen atoms in total. The van der Waals surface area contributed by atoms with Crippen molar-refractivity contribution in [3.05, 3.63) is 95.3 Å². The smallest absolute Gasteiger partial charge is 0.252 e. The zero-order valence-corrected chi connectivity index (χ0v) is 17.4.